The Balaban J connectivity index is 0.000000664. The van der Waals surface area contributed by atoms with E-state index >= 15 is 0 Å². The van der Waals surface area contributed by atoms with Crippen LogP contribution in [0.4, 0.5) is 0 Å². The van der Waals surface area contributed by atoms with Crippen LogP contribution in [0.25, 0.3) is 0 Å². The van der Waals surface area contributed by atoms with Gasteiger partial charge in [-0.05, 0) is 0 Å². The molecule has 2 aromatic heterocycles. The number of aliphatic hydroxyl groups is 3. The highest BCUT2D eigenvalue weighted by atomic mass is 16.6. The van der Waals surface area contributed by atoms with Crippen LogP contribution < -0.4 is 34.1 Å². The number of carboxylic acids is 3. The minimum absolute atomic E-state index is 0.255. The average Bonchev–Trinajstić information content (AvgIpc) is 3.63. The number of hydrogen-bond donors (Lipinski definition) is 6. The molecule has 0 spiro atoms. The highest BCUT2D eigenvalue weighted by Crippen LogP contribution is 2.04. The van der Waals surface area contributed by atoms with E-state index in [2.05, 4.69) is 4.74 Å². The second-order valence-corrected chi connectivity index (χ2v) is 12.5. The van der Waals surface area contributed by atoms with E-state index in [4.69, 9.17) is 44.8 Å². The molecule has 1 fully saturated rings. The number of carboxylic acid groups (broad SMARTS) is 3. The summed E-state index contributed by atoms with van der Waals surface area (Å²) in [7, 11) is 0. The molecular weight excluding hydrogens is 876 g/mol. The third kappa shape index (κ3) is 18.7. The van der Waals surface area contributed by atoms with Crippen molar-refractivity contribution in [2.45, 2.75) is 90.6 Å². The van der Waals surface area contributed by atoms with Gasteiger partial charge >= 0.3 is 81.9 Å². The fourth-order valence-corrected chi connectivity index (χ4v) is 4.84. The van der Waals surface area contributed by atoms with E-state index in [1.165, 1.54) is 0 Å². The van der Waals surface area contributed by atoms with Crippen molar-refractivity contribution in [3.63, 3.8) is 0 Å². The number of carbonyl (C=O) groups excluding carboxylic acids is 5. The van der Waals surface area contributed by atoms with Crippen LogP contribution in [0.2, 0.25) is 0 Å². The molecule has 0 aromatic carbocycles. The van der Waals surface area contributed by atoms with Gasteiger partial charge in [-0.25, -0.2) is 56.2 Å². The van der Waals surface area contributed by atoms with Crippen LogP contribution in [0.3, 0.4) is 0 Å². The van der Waals surface area contributed by atoms with Crippen LogP contribution in [0.15, 0.2) is 28.8 Å². The highest BCUT2D eigenvalue weighted by Gasteiger charge is 2.20. The number of rotatable bonds is 24. The standard InChI is InChI=1S/C21H27N3O15.C9H15N3O6.C4H4O3/c25-13(26)1-4-16(31)37-10-7-22-19(34)23(8-11-38-17(32)5-2-14(27)28)21(36)24(20(22)35)9-12-39-18(33)6-3-15(29)30;13-4-1-10-7(16)11(2-5-14)9(18)12(3-6-15)8(10)17;5-3-1-2-4(6)7-3/h1-12H2,(H,25,26)(H,27,28)(H,29,30);13-15H,1-6H2;1-2H2. The van der Waals surface area contributed by atoms with Gasteiger partial charge in [-0.2, -0.15) is 0 Å². The monoisotopic (exact) mass is 922 g/mol. The lowest BCUT2D eigenvalue weighted by atomic mass is 10.3. The normalized spacial score (nSPS) is 11.6. The van der Waals surface area contributed by atoms with Crippen molar-refractivity contribution in [3.05, 3.63) is 62.9 Å². The van der Waals surface area contributed by atoms with Crippen molar-refractivity contribution >= 4 is 47.8 Å². The molecule has 1 aliphatic rings. The summed E-state index contributed by atoms with van der Waals surface area (Å²) in [5, 5.41) is 52.2. The molecule has 0 saturated carbocycles. The lowest BCUT2D eigenvalue weighted by Crippen LogP contribution is -2.55. The molecule has 3 rings (SSSR count). The van der Waals surface area contributed by atoms with Crippen LogP contribution in [-0.4, -0.2) is 145 Å². The lowest BCUT2D eigenvalue weighted by Gasteiger charge is -2.14. The molecule has 0 atom stereocenters. The smallest absolute Gasteiger partial charge is 0.336 e. The number of hydrogen-bond acceptors (Lipinski definition) is 21. The number of aliphatic hydroxyl groups excluding tert-OH is 3. The van der Waals surface area contributed by atoms with E-state index in [9.17, 15) is 67.1 Å². The van der Waals surface area contributed by atoms with Gasteiger partial charge in [0, 0.05) is 0 Å². The molecule has 0 radical (unpaired) electrons. The molecule has 0 aliphatic carbocycles. The third-order valence-electron chi connectivity index (χ3n) is 7.87. The van der Waals surface area contributed by atoms with Crippen molar-refractivity contribution in [1.82, 2.24) is 27.4 Å². The Morgan fingerprint density at radius 1 is 0.391 bits per heavy atom. The summed E-state index contributed by atoms with van der Waals surface area (Å²) in [6.07, 6.45) is -2.39. The molecule has 0 amide bonds. The zero-order valence-corrected chi connectivity index (χ0v) is 33.9. The molecule has 30 nitrogen and oxygen atoms in total. The maximum Gasteiger partial charge on any atom is 0.336 e. The molecular formula is C34H46N6O24. The van der Waals surface area contributed by atoms with Crippen LogP contribution in [0.1, 0.15) is 51.4 Å². The lowest BCUT2D eigenvalue weighted by molar-refractivity contribution is -0.152. The molecule has 64 heavy (non-hydrogen) atoms. The summed E-state index contributed by atoms with van der Waals surface area (Å²) in [6, 6.07) is 0. The zero-order valence-electron chi connectivity index (χ0n) is 33.9. The predicted molar refractivity (Wildman–Crippen MR) is 204 cm³/mol. The Labute approximate surface area is 356 Å². The molecule has 2 aromatic rings. The van der Waals surface area contributed by atoms with E-state index in [0.29, 0.717) is 27.4 Å². The summed E-state index contributed by atoms with van der Waals surface area (Å²) >= 11 is 0. The van der Waals surface area contributed by atoms with Crippen LogP contribution in [-0.2, 0) is 96.6 Å². The van der Waals surface area contributed by atoms with E-state index in [1.54, 1.807) is 0 Å². The van der Waals surface area contributed by atoms with Crippen molar-refractivity contribution in [2.75, 3.05) is 39.6 Å². The van der Waals surface area contributed by atoms with Crippen LogP contribution in [0, 0.1) is 0 Å². The predicted octanol–water partition coefficient (Wildman–Crippen LogP) is -6.61. The quantitative estimate of drug-likeness (QED) is 0.0324. The van der Waals surface area contributed by atoms with E-state index in [0.717, 1.165) is 0 Å². The average molecular weight is 923 g/mol. The first-order valence-corrected chi connectivity index (χ1v) is 18.8. The van der Waals surface area contributed by atoms with E-state index in [1.807, 2.05) is 0 Å². The first-order chi connectivity index (χ1) is 30.2. The van der Waals surface area contributed by atoms with Gasteiger partial charge in [-0.3, -0.25) is 38.4 Å². The maximum atomic E-state index is 12.8. The largest absolute Gasteiger partial charge is 0.481 e. The maximum absolute atomic E-state index is 12.8. The van der Waals surface area contributed by atoms with Gasteiger partial charge in [-0.1, -0.05) is 0 Å². The second-order valence-electron chi connectivity index (χ2n) is 12.5. The Hall–Kier alpha value is -7.34. The number of aliphatic carboxylic acids is 3. The topological polar surface area (TPSA) is 427 Å². The fourth-order valence-electron chi connectivity index (χ4n) is 4.84. The molecule has 30 heteroatoms. The molecule has 0 unspecified atom stereocenters. The molecule has 3 heterocycles. The number of cyclic esters (lactones) is 2. The van der Waals surface area contributed by atoms with Crippen molar-refractivity contribution in [1.29, 1.82) is 0 Å². The summed E-state index contributed by atoms with van der Waals surface area (Å²) in [5.41, 5.74) is -6.15. The number of esters is 5. The van der Waals surface area contributed by atoms with E-state index in [-0.39, 0.29) is 32.5 Å². The Kier molecular flexibility index (Phi) is 24.2. The number of ether oxygens (including phenoxy) is 4. The summed E-state index contributed by atoms with van der Waals surface area (Å²) < 4.78 is 22.1. The van der Waals surface area contributed by atoms with Crippen molar-refractivity contribution in [3.8, 4) is 0 Å². The Morgan fingerprint density at radius 3 is 0.781 bits per heavy atom. The van der Waals surface area contributed by atoms with Crippen molar-refractivity contribution < 1.29 is 87.9 Å². The molecule has 6 N–H and O–H groups in total. The van der Waals surface area contributed by atoms with Gasteiger partial charge in [0.15, 0.2) is 0 Å². The van der Waals surface area contributed by atoms with E-state index < -0.39 is 180 Å². The Bertz CT molecular complexity index is 2060. The summed E-state index contributed by atoms with van der Waals surface area (Å²) in [5.74, 6) is -7.28. The summed E-state index contributed by atoms with van der Waals surface area (Å²) in [4.78, 5) is 160. The van der Waals surface area contributed by atoms with Crippen LogP contribution >= 0.6 is 0 Å². The SMILES string of the molecule is O=C(O)CCC(=O)OCCn1c(=O)n(CCOC(=O)CCC(=O)O)c(=O)n(CCOC(=O)CCC(=O)O)c1=O.O=C1CCC(=O)O1.O=c1n(CCO)c(=O)n(CCO)c(=O)n1CCO. The molecule has 0 bridgehead atoms. The van der Waals surface area contributed by atoms with Crippen molar-refractivity contribution in [2.24, 2.45) is 0 Å². The first-order valence-electron chi connectivity index (χ1n) is 18.8. The van der Waals surface area contributed by atoms with Gasteiger partial charge < -0.3 is 49.6 Å². The van der Waals surface area contributed by atoms with Gasteiger partial charge in [0.1, 0.15) is 19.8 Å². The number of aromatic nitrogens is 6. The Morgan fingerprint density at radius 2 is 0.609 bits per heavy atom. The first kappa shape index (κ1) is 54.7. The minimum Gasteiger partial charge on any atom is -0.481 e. The van der Waals surface area contributed by atoms with Crippen LogP contribution in [0.5, 0.6) is 0 Å². The molecule has 1 saturated heterocycles. The second kappa shape index (κ2) is 28.3. The third-order valence-corrected chi connectivity index (χ3v) is 7.87. The van der Waals surface area contributed by atoms with Gasteiger partial charge in [0.2, 0.25) is 0 Å². The zero-order chi connectivity index (χ0) is 48.5. The summed E-state index contributed by atoms with van der Waals surface area (Å²) in [6.45, 7) is -5.35. The molecule has 356 valence electrons. The fraction of sp³-hybridized carbons (Fsp3) is 0.588. The number of carbonyl (C=O) groups is 8. The van der Waals surface area contributed by atoms with Gasteiger partial charge in [0.25, 0.3) is 0 Å². The highest BCUT2D eigenvalue weighted by molar-refractivity contribution is 5.92. The minimum atomic E-state index is -1.24. The number of nitrogens with zero attached hydrogens (tertiary/aromatic N) is 6. The van der Waals surface area contributed by atoms with Gasteiger partial charge in [0.05, 0.1) is 110 Å². The molecule has 1 aliphatic heterocycles. The van der Waals surface area contributed by atoms with Gasteiger partial charge in [-0.15, -0.1) is 0 Å².